The van der Waals surface area contributed by atoms with Gasteiger partial charge >= 0.3 is 0 Å². The summed E-state index contributed by atoms with van der Waals surface area (Å²) in [5.74, 6) is 0.137. The van der Waals surface area contributed by atoms with Gasteiger partial charge in [0.25, 0.3) is 5.91 Å². The molecule has 1 heterocycles. The second-order valence-corrected chi connectivity index (χ2v) is 5.43. The third kappa shape index (κ3) is 3.73. The molecule has 1 aliphatic rings. The number of para-hydroxylation sites is 1. The Hall–Kier alpha value is -1.55. The van der Waals surface area contributed by atoms with Crippen LogP contribution in [0.1, 0.15) is 37.0 Å². The highest BCUT2D eigenvalue weighted by Gasteiger charge is 2.23. The Balaban J connectivity index is 2.08. The Labute approximate surface area is 121 Å². The van der Waals surface area contributed by atoms with Gasteiger partial charge in [-0.1, -0.05) is 25.5 Å². The van der Waals surface area contributed by atoms with Gasteiger partial charge in [0, 0.05) is 37.9 Å². The highest BCUT2D eigenvalue weighted by atomic mass is 16.2. The third-order valence-electron chi connectivity index (χ3n) is 3.66. The van der Waals surface area contributed by atoms with Crippen LogP contribution < -0.4 is 10.6 Å². The molecule has 0 radical (unpaired) electrons. The molecule has 0 aliphatic carbocycles. The smallest absolute Gasteiger partial charge is 0.256 e. The summed E-state index contributed by atoms with van der Waals surface area (Å²) in [4.78, 5) is 14.6. The zero-order valence-corrected chi connectivity index (χ0v) is 12.5. The van der Waals surface area contributed by atoms with Gasteiger partial charge in [0.05, 0.1) is 5.56 Å². The van der Waals surface area contributed by atoms with Crippen molar-refractivity contribution in [3.05, 3.63) is 29.8 Å². The average molecular weight is 275 g/mol. The molecule has 2 N–H and O–H groups in total. The molecule has 0 aromatic heterocycles. The largest absolute Gasteiger partial charge is 0.384 e. The zero-order chi connectivity index (χ0) is 14.4. The number of piperazine rings is 1. The highest BCUT2D eigenvalue weighted by molar-refractivity contribution is 5.99. The second-order valence-electron chi connectivity index (χ2n) is 5.43. The summed E-state index contributed by atoms with van der Waals surface area (Å²) in [6.07, 6.45) is 2.27. The van der Waals surface area contributed by atoms with Crippen LogP contribution in [0, 0.1) is 0 Å². The topological polar surface area (TPSA) is 44.4 Å². The first-order valence-electron chi connectivity index (χ1n) is 7.58. The molecule has 1 aromatic rings. The first-order chi connectivity index (χ1) is 9.72. The molecule has 110 valence electrons. The summed E-state index contributed by atoms with van der Waals surface area (Å²) < 4.78 is 0. The molecule has 0 bridgehead atoms. The van der Waals surface area contributed by atoms with Gasteiger partial charge in [-0.15, -0.1) is 0 Å². The molecule has 0 saturated carbocycles. The first-order valence-corrected chi connectivity index (χ1v) is 7.58. The summed E-state index contributed by atoms with van der Waals surface area (Å²) in [6.45, 7) is 7.64. The molecule has 1 aromatic carbocycles. The number of carbonyl (C=O) groups excluding carboxylic acids is 1. The van der Waals surface area contributed by atoms with Crippen molar-refractivity contribution in [2.45, 2.75) is 32.7 Å². The van der Waals surface area contributed by atoms with Crippen molar-refractivity contribution in [3.63, 3.8) is 0 Å². The number of benzene rings is 1. The van der Waals surface area contributed by atoms with Crippen molar-refractivity contribution in [2.75, 3.05) is 31.5 Å². The van der Waals surface area contributed by atoms with Crippen molar-refractivity contribution < 1.29 is 4.79 Å². The first kappa shape index (κ1) is 14.9. The summed E-state index contributed by atoms with van der Waals surface area (Å²) in [7, 11) is 0. The quantitative estimate of drug-likeness (QED) is 0.811. The number of amides is 1. The lowest BCUT2D eigenvalue weighted by Gasteiger charge is -2.32. The minimum atomic E-state index is 0.137. The maximum Gasteiger partial charge on any atom is 0.256 e. The van der Waals surface area contributed by atoms with E-state index in [2.05, 4.69) is 24.5 Å². The van der Waals surface area contributed by atoms with Crippen LogP contribution in [-0.4, -0.2) is 43.0 Å². The summed E-state index contributed by atoms with van der Waals surface area (Å²) >= 11 is 0. The number of nitrogens with one attached hydrogen (secondary N) is 2. The Morgan fingerprint density at radius 2 is 2.25 bits per heavy atom. The minimum absolute atomic E-state index is 0.137. The molecule has 1 aliphatic heterocycles. The van der Waals surface area contributed by atoms with Gasteiger partial charge in [-0.3, -0.25) is 4.79 Å². The molecule has 1 atom stereocenters. The van der Waals surface area contributed by atoms with Crippen LogP contribution in [0.2, 0.25) is 0 Å². The Morgan fingerprint density at radius 3 is 3.00 bits per heavy atom. The van der Waals surface area contributed by atoms with Crippen LogP contribution in [0.3, 0.4) is 0 Å². The number of nitrogens with zero attached hydrogens (tertiary/aromatic N) is 1. The van der Waals surface area contributed by atoms with E-state index in [1.807, 2.05) is 29.2 Å². The standard InChI is InChI=1S/C16H25N3O/c1-3-4-9-18-15-8-6-5-7-14(15)16(20)19-11-10-17-13(2)12-19/h5-8,13,17-18H,3-4,9-12H2,1-2H3/t13-/m1/s1. The third-order valence-corrected chi connectivity index (χ3v) is 3.66. The van der Waals surface area contributed by atoms with Crippen LogP contribution in [0.5, 0.6) is 0 Å². The van der Waals surface area contributed by atoms with E-state index < -0.39 is 0 Å². The van der Waals surface area contributed by atoms with Gasteiger partial charge in [0.2, 0.25) is 0 Å². The van der Waals surface area contributed by atoms with Gasteiger partial charge in [0.15, 0.2) is 0 Å². The second kappa shape index (κ2) is 7.29. The minimum Gasteiger partial charge on any atom is -0.384 e. The van der Waals surface area contributed by atoms with E-state index >= 15 is 0 Å². The van der Waals surface area contributed by atoms with Gasteiger partial charge in [-0.25, -0.2) is 0 Å². The fourth-order valence-electron chi connectivity index (χ4n) is 2.51. The Kier molecular flexibility index (Phi) is 5.41. The van der Waals surface area contributed by atoms with Crippen LogP contribution in [0.25, 0.3) is 0 Å². The van der Waals surface area contributed by atoms with Gasteiger partial charge in [-0.05, 0) is 25.5 Å². The molecular weight excluding hydrogens is 250 g/mol. The molecule has 4 nitrogen and oxygen atoms in total. The lowest BCUT2D eigenvalue weighted by Crippen LogP contribution is -2.51. The van der Waals surface area contributed by atoms with Crippen LogP contribution in [-0.2, 0) is 0 Å². The van der Waals surface area contributed by atoms with Gasteiger partial charge < -0.3 is 15.5 Å². The van der Waals surface area contributed by atoms with Crippen molar-refractivity contribution >= 4 is 11.6 Å². The average Bonchev–Trinajstić information content (AvgIpc) is 2.47. The number of rotatable bonds is 5. The normalized spacial score (nSPS) is 18.9. The fraction of sp³-hybridized carbons (Fsp3) is 0.562. The number of hydrogen-bond acceptors (Lipinski definition) is 3. The van der Waals surface area contributed by atoms with Crippen LogP contribution in [0.4, 0.5) is 5.69 Å². The zero-order valence-electron chi connectivity index (χ0n) is 12.5. The van der Waals surface area contributed by atoms with E-state index in [4.69, 9.17) is 0 Å². The highest BCUT2D eigenvalue weighted by Crippen LogP contribution is 2.18. The van der Waals surface area contributed by atoms with E-state index in [1.54, 1.807) is 0 Å². The monoisotopic (exact) mass is 275 g/mol. The van der Waals surface area contributed by atoms with Gasteiger partial charge in [-0.2, -0.15) is 0 Å². The van der Waals surface area contributed by atoms with E-state index in [9.17, 15) is 4.79 Å². The number of anilines is 1. The number of carbonyl (C=O) groups is 1. The summed E-state index contributed by atoms with van der Waals surface area (Å²) in [5, 5.41) is 6.75. The SMILES string of the molecule is CCCCNc1ccccc1C(=O)N1CCN[C@H](C)C1. The van der Waals surface area contributed by atoms with E-state index in [0.717, 1.165) is 50.3 Å². The van der Waals surface area contributed by atoms with Crippen molar-refractivity contribution in [1.29, 1.82) is 0 Å². The molecule has 20 heavy (non-hydrogen) atoms. The molecule has 1 saturated heterocycles. The summed E-state index contributed by atoms with van der Waals surface area (Å²) in [6, 6.07) is 8.19. The molecule has 2 rings (SSSR count). The Bertz CT molecular complexity index is 447. The predicted octanol–water partition coefficient (Wildman–Crippen LogP) is 2.33. The van der Waals surface area contributed by atoms with Crippen molar-refractivity contribution in [2.24, 2.45) is 0 Å². The van der Waals surface area contributed by atoms with E-state index in [1.165, 1.54) is 0 Å². The molecule has 0 unspecified atom stereocenters. The molecule has 1 fully saturated rings. The molecular formula is C16H25N3O. The maximum absolute atomic E-state index is 12.7. The molecule has 4 heteroatoms. The lowest BCUT2D eigenvalue weighted by atomic mass is 10.1. The molecule has 0 spiro atoms. The van der Waals surface area contributed by atoms with E-state index in [0.29, 0.717) is 6.04 Å². The van der Waals surface area contributed by atoms with E-state index in [-0.39, 0.29) is 5.91 Å². The predicted molar refractivity (Wildman–Crippen MR) is 83.2 cm³/mol. The molecule has 1 amide bonds. The van der Waals surface area contributed by atoms with Crippen LogP contribution in [0.15, 0.2) is 24.3 Å². The number of hydrogen-bond donors (Lipinski definition) is 2. The van der Waals surface area contributed by atoms with Crippen molar-refractivity contribution in [1.82, 2.24) is 10.2 Å². The Morgan fingerprint density at radius 1 is 1.45 bits per heavy atom. The van der Waals surface area contributed by atoms with Crippen LogP contribution >= 0.6 is 0 Å². The fourth-order valence-corrected chi connectivity index (χ4v) is 2.51. The van der Waals surface area contributed by atoms with Gasteiger partial charge in [0.1, 0.15) is 0 Å². The number of unbranched alkanes of at least 4 members (excludes halogenated alkanes) is 1. The lowest BCUT2D eigenvalue weighted by molar-refractivity contribution is 0.0710. The maximum atomic E-state index is 12.7. The van der Waals surface area contributed by atoms with Crippen molar-refractivity contribution in [3.8, 4) is 0 Å². The summed E-state index contributed by atoms with van der Waals surface area (Å²) in [5.41, 5.74) is 1.75.